The Balaban J connectivity index is 2.00. The standard InChI is InChI=1S/C20H24N2O3S/c1-4-24-16-9-7-8-15(12-16)19(23)22-20(26)21-17-10-5-6-11-18(17)25-13-14(2)3/h5-12,14H,4,13H2,1-3H3,(H2,21,22,23,26). The summed E-state index contributed by atoms with van der Waals surface area (Å²) in [5, 5.41) is 5.90. The van der Waals surface area contributed by atoms with Crippen LogP contribution in [0.3, 0.4) is 0 Å². The third-order valence-electron chi connectivity index (χ3n) is 3.34. The Morgan fingerprint density at radius 1 is 1.12 bits per heavy atom. The van der Waals surface area contributed by atoms with Crippen molar-refractivity contribution in [3.05, 3.63) is 54.1 Å². The Labute approximate surface area is 159 Å². The van der Waals surface area contributed by atoms with E-state index in [1.54, 1.807) is 24.3 Å². The number of carbonyl (C=O) groups excluding carboxylic acids is 1. The van der Waals surface area contributed by atoms with Crippen LogP contribution >= 0.6 is 12.2 Å². The first-order valence-corrected chi connectivity index (χ1v) is 8.97. The maximum Gasteiger partial charge on any atom is 0.257 e. The summed E-state index contributed by atoms with van der Waals surface area (Å²) in [6.45, 7) is 7.19. The van der Waals surface area contributed by atoms with Crippen LogP contribution in [0.15, 0.2) is 48.5 Å². The second-order valence-corrected chi connectivity index (χ2v) is 6.48. The van der Waals surface area contributed by atoms with Gasteiger partial charge in [-0.1, -0.05) is 32.0 Å². The Morgan fingerprint density at radius 2 is 1.88 bits per heavy atom. The van der Waals surface area contributed by atoms with Gasteiger partial charge in [0.2, 0.25) is 0 Å². The van der Waals surface area contributed by atoms with Crippen molar-refractivity contribution in [1.29, 1.82) is 0 Å². The molecule has 1 amide bonds. The molecule has 0 heterocycles. The zero-order chi connectivity index (χ0) is 18.9. The summed E-state index contributed by atoms with van der Waals surface area (Å²) in [5.41, 5.74) is 1.19. The van der Waals surface area contributed by atoms with Crippen LogP contribution in [0, 0.1) is 5.92 Å². The number of hydrogen-bond donors (Lipinski definition) is 2. The van der Waals surface area contributed by atoms with E-state index in [0.29, 0.717) is 41.9 Å². The molecular weight excluding hydrogens is 348 g/mol. The molecule has 0 spiro atoms. The fraction of sp³-hybridized carbons (Fsp3) is 0.300. The maximum atomic E-state index is 12.4. The van der Waals surface area contributed by atoms with E-state index in [9.17, 15) is 4.79 Å². The van der Waals surface area contributed by atoms with E-state index < -0.39 is 0 Å². The first-order chi connectivity index (χ1) is 12.5. The van der Waals surface area contributed by atoms with Crippen molar-refractivity contribution in [3.63, 3.8) is 0 Å². The van der Waals surface area contributed by atoms with Crippen LogP contribution < -0.4 is 20.1 Å². The number of nitrogens with one attached hydrogen (secondary N) is 2. The molecule has 6 heteroatoms. The van der Waals surface area contributed by atoms with Crippen molar-refractivity contribution < 1.29 is 14.3 Å². The number of carbonyl (C=O) groups is 1. The number of para-hydroxylation sites is 2. The fourth-order valence-corrected chi connectivity index (χ4v) is 2.38. The van der Waals surface area contributed by atoms with Crippen LogP contribution in [0.2, 0.25) is 0 Å². The summed E-state index contributed by atoms with van der Waals surface area (Å²) < 4.78 is 11.2. The van der Waals surface area contributed by atoms with Gasteiger partial charge in [-0.15, -0.1) is 0 Å². The highest BCUT2D eigenvalue weighted by Crippen LogP contribution is 2.24. The molecule has 0 unspecified atom stereocenters. The molecule has 2 N–H and O–H groups in total. The maximum absolute atomic E-state index is 12.4. The molecule has 0 aliphatic carbocycles. The molecule has 0 radical (unpaired) electrons. The van der Waals surface area contributed by atoms with E-state index in [-0.39, 0.29) is 11.0 Å². The van der Waals surface area contributed by atoms with Gasteiger partial charge in [0.1, 0.15) is 11.5 Å². The molecule has 2 rings (SSSR count). The second kappa shape index (κ2) is 9.77. The highest BCUT2D eigenvalue weighted by molar-refractivity contribution is 7.80. The number of ether oxygens (including phenoxy) is 2. The van der Waals surface area contributed by atoms with Crippen LogP contribution in [0.4, 0.5) is 5.69 Å². The number of amides is 1. The number of thiocarbonyl (C=S) groups is 1. The third-order valence-corrected chi connectivity index (χ3v) is 3.55. The first-order valence-electron chi connectivity index (χ1n) is 8.56. The van der Waals surface area contributed by atoms with Crippen LogP contribution in [0.5, 0.6) is 11.5 Å². The third kappa shape index (κ3) is 6.04. The summed E-state index contributed by atoms with van der Waals surface area (Å²) >= 11 is 5.26. The highest BCUT2D eigenvalue weighted by atomic mass is 32.1. The van der Waals surface area contributed by atoms with Crippen LogP contribution in [-0.4, -0.2) is 24.2 Å². The summed E-state index contributed by atoms with van der Waals surface area (Å²) in [5.74, 6) is 1.44. The normalized spacial score (nSPS) is 10.3. The molecule has 0 aromatic heterocycles. The number of benzene rings is 2. The summed E-state index contributed by atoms with van der Waals surface area (Å²) in [6, 6.07) is 14.4. The minimum Gasteiger partial charge on any atom is -0.494 e. The lowest BCUT2D eigenvalue weighted by Crippen LogP contribution is -2.34. The van der Waals surface area contributed by atoms with Crippen molar-refractivity contribution in [3.8, 4) is 11.5 Å². The number of hydrogen-bond acceptors (Lipinski definition) is 4. The minimum atomic E-state index is -0.301. The lowest BCUT2D eigenvalue weighted by Gasteiger charge is -2.15. The van der Waals surface area contributed by atoms with Gasteiger partial charge in [0, 0.05) is 5.56 Å². The summed E-state index contributed by atoms with van der Waals surface area (Å²) in [7, 11) is 0. The van der Waals surface area contributed by atoms with Crippen molar-refractivity contribution in [1.82, 2.24) is 5.32 Å². The predicted octanol–water partition coefficient (Wildman–Crippen LogP) is 4.25. The molecule has 2 aromatic carbocycles. The number of rotatable bonds is 7. The van der Waals surface area contributed by atoms with Crippen molar-refractivity contribution >= 4 is 28.9 Å². The largest absolute Gasteiger partial charge is 0.494 e. The lowest BCUT2D eigenvalue weighted by molar-refractivity contribution is 0.0977. The van der Waals surface area contributed by atoms with E-state index in [1.807, 2.05) is 31.2 Å². The van der Waals surface area contributed by atoms with E-state index >= 15 is 0 Å². The van der Waals surface area contributed by atoms with Crippen molar-refractivity contribution in [2.45, 2.75) is 20.8 Å². The minimum absolute atomic E-state index is 0.206. The van der Waals surface area contributed by atoms with Gasteiger partial charge < -0.3 is 14.8 Å². The molecule has 26 heavy (non-hydrogen) atoms. The van der Waals surface area contributed by atoms with Crippen LogP contribution in [0.25, 0.3) is 0 Å². The van der Waals surface area contributed by atoms with E-state index in [4.69, 9.17) is 21.7 Å². The van der Waals surface area contributed by atoms with Crippen molar-refractivity contribution in [2.75, 3.05) is 18.5 Å². The molecule has 0 fully saturated rings. The Bertz CT molecular complexity index is 762. The van der Waals surface area contributed by atoms with Gasteiger partial charge in [-0.2, -0.15) is 0 Å². The molecule has 0 aliphatic rings. The van der Waals surface area contributed by atoms with E-state index in [2.05, 4.69) is 24.5 Å². The summed E-state index contributed by atoms with van der Waals surface area (Å²) in [4.78, 5) is 12.4. The molecule has 0 atom stereocenters. The SMILES string of the molecule is CCOc1cccc(C(=O)NC(=S)Nc2ccccc2OCC(C)C)c1. The Kier molecular flexibility index (Phi) is 7.41. The molecule has 0 aliphatic heterocycles. The summed E-state index contributed by atoms with van der Waals surface area (Å²) in [6.07, 6.45) is 0. The van der Waals surface area contributed by atoms with Gasteiger partial charge in [0.25, 0.3) is 5.91 Å². The molecule has 5 nitrogen and oxygen atoms in total. The van der Waals surface area contributed by atoms with Gasteiger partial charge in [-0.3, -0.25) is 10.1 Å². The van der Waals surface area contributed by atoms with E-state index in [0.717, 1.165) is 0 Å². The second-order valence-electron chi connectivity index (χ2n) is 6.07. The lowest BCUT2D eigenvalue weighted by atomic mass is 10.2. The quantitative estimate of drug-likeness (QED) is 0.712. The fourth-order valence-electron chi connectivity index (χ4n) is 2.17. The Morgan fingerprint density at radius 3 is 2.62 bits per heavy atom. The average molecular weight is 372 g/mol. The van der Waals surface area contributed by atoms with E-state index in [1.165, 1.54) is 0 Å². The topological polar surface area (TPSA) is 59.6 Å². The number of anilines is 1. The van der Waals surface area contributed by atoms with Gasteiger partial charge >= 0.3 is 0 Å². The zero-order valence-corrected chi connectivity index (χ0v) is 16.1. The van der Waals surface area contributed by atoms with Gasteiger partial charge in [-0.05, 0) is 55.4 Å². The smallest absolute Gasteiger partial charge is 0.257 e. The van der Waals surface area contributed by atoms with Gasteiger partial charge in [0.05, 0.1) is 18.9 Å². The molecule has 0 bridgehead atoms. The van der Waals surface area contributed by atoms with Crippen molar-refractivity contribution in [2.24, 2.45) is 5.92 Å². The molecule has 138 valence electrons. The highest BCUT2D eigenvalue weighted by Gasteiger charge is 2.11. The van der Waals surface area contributed by atoms with Gasteiger partial charge in [-0.25, -0.2) is 0 Å². The zero-order valence-electron chi connectivity index (χ0n) is 15.2. The molecule has 0 saturated heterocycles. The first kappa shape index (κ1) is 19.7. The van der Waals surface area contributed by atoms with Crippen LogP contribution in [0.1, 0.15) is 31.1 Å². The monoisotopic (exact) mass is 372 g/mol. The molecule has 0 saturated carbocycles. The molecule has 2 aromatic rings. The predicted molar refractivity (Wildman–Crippen MR) is 108 cm³/mol. The van der Waals surface area contributed by atoms with Gasteiger partial charge in [0.15, 0.2) is 5.11 Å². The molecular formula is C20H24N2O3S. The van der Waals surface area contributed by atoms with Crippen LogP contribution in [-0.2, 0) is 0 Å². The Hall–Kier alpha value is -2.60. The average Bonchev–Trinajstić information content (AvgIpc) is 2.61.